The fourth-order valence-electron chi connectivity index (χ4n) is 2.15. The molecule has 2 N–H and O–H groups in total. The van der Waals surface area contributed by atoms with Crippen molar-refractivity contribution in [3.63, 3.8) is 0 Å². The molecular weight excluding hydrogens is 234 g/mol. The van der Waals surface area contributed by atoms with Crippen LogP contribution in [0.15, 0.2) is 40.8 Å². The monoisotopic (exact) mass is 257 g/mol. The lowest BCUT2D eigenvalue weighted by Gasteiger charge is -2.19. The van der Waals surface area contributed by atoms with Crippen molar-refractivity contribution in [2.45, 2.75) is 45.6 Å². The van der Waals surface area contributed by atoms with Crippen LogP contribution in [0.25, 0.3) is 0 Å². The van der Waals surface area contributed by atoms with Gasteiger partial charge in [-0.15, -0.1) is 0 Å². The van der Waals surface area contributed by atoms with Crippen LogP contribution in [0, 0.1) is 6.92 Å². The number of rotatable bonds is 3. The highest BCUT2D eigenvalue weighted by Gasteiger charge is 2.14. The molecule has 0 aliphatic heterocycles. The van der Waals surface area contributed by atoms with Crippen LogP contribution < -0.4 is 5.73 Å². The maximum atomic E-state index is 6.17. The fraction of sp³-hybridized carbons (Fsp3) is 0.412. The van der Waals surface area contributed by atoms with E-state index in [-0.39, 0.29) is 11.5 Å². The zero-order chi connectivity index (χ0) is 14.0. The third kappa shape index (κ3) is 3.48. The quantitative estimate of drug-likeness (QED) is 0.898. The first-order valence-corrected chi connectivity index (χ1v) is 6.77. The van der Waals surface area contributed by atoms with Gasteiger partial charge in [0.2, 0.25) is 0 Å². The third-order valence-corrected chi connectivity index (χ3v) is 3.40. The Kier molecular flexibility index (Phi) is 3.81. The Labute approximate surface area is 115 Å². The summed E-state index contributed by atoms with van der Waals surface area (Å²) in [7, 11) is 0. The van der Waals surface area contributed by atoms with E-state index in [1.807, 2.05) is 19.1 Å². The molecule has 0 aliphatic rings. The summed E-state index contributed by atoms with van der Waals surface area (Å²) in [6, 6.07) is 12.5. The maximum Gasteiger partial charge on any atom is 0.121 e. The van der Waals surface area contributed by atoms with Gasteiger partial charge in [0.25, 0.3) is 0 Å². The van der Waals surface area contributed by atoms with Gasteiger partial charge in [0.1, 0.15) is 11.5 Å². The van der Waals surface area contributed by atoms with E-state index >= 15 is 0 Å². The van der Waals surface area contributed by atoms with Gasteiger partial charge in [-0.1, -0.05) is 45.0 Å². The molecule has 19 heavy (non-hydrogen) atoms. The first-order valence-electron chi connectivity index (χ1n) is 6.77. The molecule has 1 aromatic heterocycles. The Bertz CT molecular complexity index is 531. The molecule has 0 amide bonds. The van der Waals surface area contributed by atoms with Crippen molar-refractivity contribution >= 4 is 0 Å². The van der Waals surface area contributed by atoms with E-state index in [1.165, 1.54) is 11.1 Å². The van der Waals surface area contributed by atoms with Crippen molar-refractivity contribution in [3.8, 4) is 0 Å². The van der Waals surface area contributed by atoms with Crippen molar-refractivity contribution in [3.05, 3.63) is 59.0 Å². The molecule has 0 bridgehead atoms. The van der Waals surface area contributed by atoms with Crippen molar-refractivity contribution in [2.24, 2.45) is 5.73 Å². The Morgan fingerprint density at radius 1 is 1.05 bits per heavy atom. The van der Waals surface area contributed by atoms with Gasteiger partial charge in [0, 0.05) is 0 Å². The molecular formula is C17H23NO. The van der Waals surface area contributed by atoms with Gasteiger partial charge in [-0.25, -0.2) is 0 Å². The van der Waals surface area contributed by atoms with Crippen LogP contribution in [0.4, 0.5) is 0 Å². The zero-order valence-electron chi connectivity index (χ0n) is 12.2. The molecule has 102 valence electrons. The summed E-state index contributed by atoms with van der Waals surface area (Å²) >= 11 is 0. The van der Waals surface area contributed by atoms with Crippen LogP contribution in [-0.4, -0.2) is 0 Å². The van der Waals surface area contributed by atoms with Crippen LogP contribution in [0.3, 0.4) is 0 Å². The highest BCUT2D eigenvalue weighted by Crippen LogP contribution is 2.24. The zero-order valence-corrected chi connectivity index (χ0v) is 12.2. The Morgan fingerprint density at radius 2 is 1.68 bits per heavy atom. The lowest BCUT2D eigenvalue weighted by molar-refractivity contribution is 0.445. The molecule has 1 atom stereocenters. The first kappa shape index (κ1) is 13.9. The minimum absolute atomic E-state index is 0.0748. The van der Waals surface area contributed by atoms with Crippen molar-refractivity contribution in [1.82, 2.24) is 0 Å². The van der Waals surface area contributed by atoms with Gasteiger partial charge in [-0.2, -0.15) is 0 Å². The average molecular weight is 257 g/mol. The molecule has 2 rings (SSSR count). The van der Waals surface area contributed by atoms with Crippen LogP contribution in [0.5, 0.6) is 0 Å². The largest absolute Gasteiger partial charge is 0.465 e. The van der Waals surface area contributed by atoms with Crippen molar-refractivity contribution < 1.29 is 4.42 Å². The van der Waals surface area contributed by atoms with Gasteiger partial charge in [-0.3, -0.25) is 0 Å². The summed E-state index contributed by atoms with van der Waals surface area (Å²) < 4.78 is 5.57. The molecule has 0 spiro atoms. The van der Waals surface area contributed by atoms with E-state index in [1.54, 1.807) is 0 Å². The van der Waals surface area contributed by atoms with Gasteiger partial charge in [0.15, 0.2) is 0 Å². The van der Waals surface area contributed by atoms with Gasteiger partial charge >= 0.3 is 0 Å². The second kappa shape index (κ2) is 5.22. The molecule has 0 aliphatic carbocycles. The number of aryl methyl sites for hydroxylation is 1. The summed E-state index contributed by atoms with van der Waals surface area (Å²) in [6.45, 7) is 8.60. The molecule has 1 heterocycles. The van der Waals surface area contributed by atoms with Crippen molar-refractivity contribution in [2.75, 3.05) is 0 Å². The third-order valence-electron chi connectivity index (χ3n) is 3.40. The minimum Gasteiger partial charge on any atom is -0.465 e. The summed E-state index contributed by atoms with van der Waals surface area (Å²) in [5.74, 6) is 1.77. The fourth-order valence-corrected chi connectivity index (χ4v) is 2.15. The summed E-state index contributed by atoms with van der Waals surface area (Å²) in [4.78, 5) is 0. The molecule has 2 heteroatoms. The lowest BCUT2D eigenvalue weighted by atomic mass is 9.86. The number of hydrogen-bond acceptors (Lipinski definition) is 2. The van der Waals surface area contributed by atoms with Crippen molar-refractivity contribution in [1.29, 1.82) is 0 Å². The smallest absolute Gasteiger partial charge is 0.121 e. The highest BCUT2D eigenvalue weighted by atomic mass is 16.3. The SMILES string of the molecule is Cc1ccc(C(N)Cc2ccc(C(C)(C)C)cc2)o1. The van der Waals surface area contributed by atoms with Crippen LogP contribution in [0.1, 0.15) is 49.5 Å². The molecule has 2 nitrogen and oxygen atoms in total. The molecule has 1 unspecified atom stereocenters. The summed E-state index contributed by atoms with van der Waals surface area (Å²) in [6.07, 6.45) is 0.803. The van der Waals surface area contributed by atoms with Crippen LogP contribution >= 0.6 is 0 Å². The van der Waals surface area contributed by atoms with Gasteiger partial charge < -0.3 is 10.2 Å². The predicted octanol–water partition coefficient (Wildman–Crippen LogP) is 4.13. The predicted molar refractivity (Wildman–Crippen MR) is 79.2 cm³/mol. The molecule has 2 aromatic rings. The Hall–Kier alpha value is -1.54. The van der Waals surface area contributed by atoms with Crippen LogP contribution in [-0.2, 0) is 11.8 Å². The summed E-state index contributed by atoms with van der Waals surface area (Å²) in [5.41, 5.74) is 8.95. The molecule has 0 radical (unpaired) electrons. The van der Waals surface area contributed by atoms with E-state index in [0.717, 1.165) is 17.9 Å². The second-order valence-corrected chi connectivity index (χ2v) is 6.21. The first-order chi connectivity index (χ1) is 8.86. The number of furan rings is 1. The maximum absolute atomic E-state index is 6.17. The Balaban J connectivity index is 2.07. The standard InChI is InChI=1S/C17H23NO/c1-12-5-10-16(19-12)15(18)11-13-6-8-14(9-7-13)17(2,3)4/h5-10,15H,11,18H2,1-4H3. The lowest BCUT2D eigenvalue weighted by Crippen LogP contribution is -2.13. The number of nitrogens with two attached hydrogens (primary N) is 1. The van der Waals surface area contributed by atoms with E-state index < -0.39 is 0 Å². The molecule has 0 saturated heterocycles. The van der Waals surface area contributed by atoms with Gasteiger partial charge in [-0.05, 0) is 42.0 Å². The number of hydrogen-bond donors (Lipinski definition) is 1. The average Bonchev–Trinajstić information content (AvgIpc) is 2.75. The van der Waals surface area contributed by atoms with E-state index in [0.29, 0.717) is 0 Å². The minimum atomic E-state index is -0.0748. The van der Waals surface area contributed by atoms with Crippen LogP contribution in [0.2, 0.25) is 0 Å². The van der Waals surface area contributed by atoms with E-state index in [4.69, 9.17) is 10.2 Å². The normalized spacial score (nSPS) is 13.5. The van der Waals surface area contributed by atoms with Gasteiger partial charge in [0.05, 0.1) is 6.04 Å². The molecule has 0 saturated carbocycles. The molecule has 0 fully saturated rings. The second-order valence-electron chi connectivity index (χ2n) is 6.21. The summed E-state index contributed by atoms with van der Waals surface area (Å²) in [5, 5.41) is 0. The number of benzene rings is 1. The topological polar surface area (TPSA) is 39.2 Å². The highest BCUT2D eigenvalue weighted by molar-refractivity contribution is 5.28. The van der Waals surface area contributed by atoms with E-state index in [2.05, 4.69) is 45.0 Å². The Morgan fingerprint density at radius 3 is 2.16 bits per heavy atom. The van der Waals surface area contributed by atoms with E-state index in [9.17, 15) is 0 Å². The molecule has 1 aromatic carbocycles.